The Kier molecular flexibility index (Phi) is 6.89. The van der Waals surface area contributed by atoms with Gasteiger partial charge in [0.2, 0.25) is 0 Å². The third kappa shape index (κ3) is 7.28. The molecule has 7 nitrogen and oxygen atoms in total. The number of nitrogens with one attached hydrogen (secondary N) is 2. The summed E-state index contributed by atoms with van der Waals surface area (Å²) >= 11 is 0. The summed E-state index contributed by atoms with van der Waals surface area (Å²) in [5.41, 5.74) is -0.0710. The molecule has 0 aliphatic rings. The van der Waals surface area contributed by atoms with Crippen molar-refractivity contribution < 1.29 is 24.2 Å². The molecule has 0 fully saturated rings. The van der Waals surface area contributed by atoms with Crippen LogP contribution in [0.1, 0.15) is 33.6 Å². The minimum Gasteiger partial charge on any atom is -0.480 e. The largest absolute Gasteiger partial charge is 0.480 e. The van der Waals surface area contributed by atoms with Crippen LogP contribution in [0.15, 0.2) is 0 Å². The number of carbonyl (C=O) groups is 3. The van der Waals surface area contributed by atoms with Gasteiger partial charge in [0.05, 0.1) is 13.5 Å². The van der Waals surface area contributed by atoms with Crippen molar-refractivity contribution in [2.45, 2.75) is 39.7 Å². The Morgan fingerprint density at radius 3 is 2.32 bits per heavy atom. The van der Waals surface area contributed by atoms with Gasteiger partial charge in [-0.2, -0.15) is 0 Å². The topological polar surface area (TPSA) is 105 Å². The van der Waals surface area contributed by atoms with Gasteiger partial charge in [-0.25, -0.2) is 9.59 Å². The molecule has 0 saturated heterocycles. The molecule has 1 atom stereocenters. The van der Waals surface area contributed by atoms with E-state index in [2.05, 4.69) is 15.4 Å². The third-order valence-corrected chi connectivity index (χ3v) is 2.89. The first-order valence-corrected chi connectivity index (χ1v) is 6.06. The molecule has 0 aromatic carbocycles. The number of urea groups is 1. The van der Waals surface area contributed by atoms with E-state index in [0.717, 1.165) is 13.5 Å². The zero-order valence-corrected chi connectivity index (χ0v) is 11.8. The maximum atomic E-state index is 11.6. The molecular formula is C12H22N2O5. The Bertz CT molecular complexity index is 341. The first-order chi connectivity index (χ1) is 8.71. The standard InChI is InChI=1S/C12H22N2O5/c1-5-12(2,3)7-13-11(18)14-8(10(16)17)6-9(15)19-4/h8H,5-7H2,1-4H3,(H,16,17)(H2,13,14,18)/t8-/m0/s1. The van der Waals surface area contributed by atoms with E-state index in [0.29, 0.717) is 6.54 Å². The first kappa shape index (κ1) is 17.2. The van der Waals surface area contributed by atoms with E-state index in [9.17, 15) is 14.4 Å². The van der Waals surface area contributed by atoms with E-state index in [1.807, 2.05) is 20.8 Å². The number of methoxy groups -OCH3 is 1. The van der Waals surface area contributed by atoms with Crippen molar-refractivity contribution in [3.63, 3.8) is 0 Å². The molecule has 2 amide bonds. The van der Waals surface area contributed by atoms with Crippen molar-refractivity contribution in [1.29, 1.82) is 0 Å². The Hall–Kier alpha value is -1.79. The number of carboxylic acids is 1. The maximum absolute atomic E-state index is 11.6. The summed E-state index contributed by atoms with van der Waals surface area (Å²) in [6.45, 7) is 6.38. The molecule has 0 radical (unpaired) electrons. The quantitative estimate of drug-likeness (QED) is 0.594. The smallest absolute Gasteiger partial charge is 0.326 e. The number of ether oxygens (including phenoxy) is 1. The maximum Gasteiger partial charge on any atom is 0.326 e. The van der Waals surface area contributed by atoms with Crippen LogP contribution in [0.2, 0.25) is 0 Å². The van der Waals surface area contributed by atoms with Gasteiger partial charge < -0.3 is 20.5 Å². The molecule has 0 spiro atoms. The van der Waals surface area contributed by atoms with Gasteiger partial charge in [0.1, 0.15) is 6.04 Å². The van der Waals surface area contributed by atoms with Crippen molar-refractivity contribution >= 4 is 18.0 Å². The van der Waals surface area contributed by atoms with E-state index >= 15 is 0 Å². The normalized spacial score (nSPS) is 12.4. The first-order valence-electron chi connectivity index (χ1n) is 6.06. The lowest BCUT2D eigenvalue weighted by molar-refractivity contribution is -0.147. The van der Waals surface area contributed by atoms with Crippen LogP contribution in [0.25, 0.3) is 0 Å². The zero-order chi connectivity index (χ0) is 15.1. The Labute approximate surface area is 112 Å². The van der Waals surface area contributed by atoms with Crippen LogP contribution < -0.4 is 10.6 Å². The fourth-order valence-electron chi connectivity index (χ4n) is 1.10. The van der Waals surface area contributed by atoms with Crippen LogP contribution in [-0.4, -0.2) is 42.8 Å². The van der Waals surface area contributed by atoms with E-state index in [1.54, 1.807) is 0 Å². The summed E-state index contributed by atoms with van der Waals surface area (Å²) in [4.78, 5) is 33.5. The molecule has 0 heterocycles. The molecule has 0 aliphatic heterocycles. The molecule has 0 aromatic rings. The van der Waals surface area contributed by atoms with E-state index in [4.69, 9.17) is 5.11 Å². The van der Waals surface area contributed by atoms with E-state index < -0.39 is 30.4 Å². The van der Waals surface area contributed by atoms with Crippen LogP contribution in [0.5, 0.6) is 0 Å². The van der Waals surface area contributed by atoms with Gasteiger partial charge in [0.25, 0.3) is 0 Å². The number of hydrogen-bond acceptors (Lipinski definition) is 4. The molecule has 0 aliphatic carbocycles. The Balaban J connectivity index is 4.33. The number of carbonyl (C=O) groups excluding carboxylic acids is 2. The lowest BCUT2D eigenvalue weighted by Gasteiger charge is -2.23. The third-order valence-electron chi connectivity index (χ3n) is 2.89. The average molecular weight is 274 g/mol. The Morgan fingerprint density at radius 1 is 1.32 bits per heavy atom. The minimum absolute atomic E-state index is 0.0710. The predicted molar refractivity (Wildman–Crippen MR) is 68.7 cm³/mol. The van der Waals surface area contributed by atoms with Crippen LogP contribution in [-0.2, 0) is 14.3 Å². The second-order valence-electron chi connectivity index (χ2n) is 5.02. The van der Waals surface area contributed by atoms with Crippen molar-refractivity contribution in [3.8, 4) is 0 Å². The fraction of sp³-hybridized carbons (Fsp3) is 0.750. The van der Waals surface area contributed by atoms with Crippen molar-refractivity contribution in [2.75, 3.05) is 13.7 Å². The van der Waals surface area contributed by atoms with Crippen LogP contribution in [0.4, 0.5) is 4.79 Å². The molecule has 0 saturated carbocycles. The SMILES string of the molecule is CCC(C)(C)CNC(=O)N[C@@H](CC(=O)OC)C(=O)O. The highest BCUT2D eigenvalue weighted by Crippen LogP contribution is 2.17. The van der Waals surface area contributed by atoms with Crippen molar-refractivity contribution in [3.05, 3.63) is 0 Å². The highest BCUT2D eigenvalue weighted by Gasteiger charge is 2.24. The highest BCUT2D eigenvalue weighted by molar-refractivity contribution is 5.86. The van der Waals surface area contributed by atoms with Crippen LogP contribution in [0, 0.1) is 5.41 Å². The number of esters is 1. The molecule has 19 heavy (non-hydrogen) atoms. The lowest BCUT2D eigenvalue weighted by Crippen LogP contribution is -2.48. The molecule has 0 bridgehead atoms. The average Bonchev–Trinajstić information content (AvgIpc) is 2.35. The number of rotatable bonds is 7. The molecule has 110 valence electrons. The van der Waals surface area contributed by atoms with Crippen molar-refractivity contribution in [1.82, 2.24) is 10.6 Å². The predicted octanol–water partition coefficient (Wildman–Crippen LogP) is 0.738. The molecule has 7 heteroatoms. The summed E-state index contributed by atoms with van der Waals surface area (Å²) in [6.07, 6.45) is 0.466. The highest BCUT2D eigenvalue weighted by atomic mass is 16.5. The van der Waals surface area contributed by atoms with Crippen LogP contribution >= 0.6 is 0 Å². The monoisotopic (exact) mass is 274 g/mol. The fourth-order valence-corrected chi connectivity index (χ4v) is 1.10. The van der Waals surface area contributed by atoms with Gasteiger partial charge >= 0.3 is 18.0 Å². The number of aliphatic carboxylic acids is 1. The summed E-state index contributed by atoms with van der Waals surface area (Å²) in [6, 6.07) is -1.91. The van der Waals surface area contributed by atoms with Gasteiger partial charge in [0, 0.05) is 6.54 Å². The van der Waals surface area contributed by atoms with Crippen LogP contribution in [0.3, 0.4) is 0 Å². The second-order valence-corrected chi connectivity index (χ2v) is 5.02. The molecule has 3 N–H and O–H groups in total. The molecular weight excluding hydrogens is 252 g/mol. The lowest BCUT2D eigenvalue weighted by atomic mass is 9.90. The van der Waals surface area contributed by atoms with Gasteiger partial charge in [-0.3, -0.25) is 4.79 Å². The zero-order valence-electron chi connectivity index (χ0n) is 11.8. The second kappa shape index (κ2) is 7.60. The van der Waals surface area contributed by atoms with Gasteiger partial charge in [-0.15, -0.1) is 0 Å². The summed E-state index contributed by atoms with van der Waals surface area (Å²) in [5.74, 6) is -1.98. The van der Waals surface area contributed by atoms with Crippen molar-refractivity contribution in [2.24, 2.45) is 5.41 Å². The van der Waals surface area contributed by atoms with E-state index in [1.165, 1.54) is 0 Å². The summed E-state index contributed by atoms with van der Waals surface area (Å²) < 4.78 is 4.37. The summed E-state index contributed by atoms with van der Waals surface area (Å²) in [5, 5.41) is 13.7. The molecule has 0 aromatic heterocycles. The number of amides is 2. The minimum atomic E-state index is -1.29. The van der Waals surface area contributed by atoms with E-state index in [-0.39, 0.29) is 5.41 Å². The van der Waals surface area contributed by atoms with Gasteiger partial charge in [-0.05, 0) is 11.8 Å². The molecule has 0 rings (SSSR count). The Morgan fingerprint density at radius 2 is 1.89 bits per heavy atom. The number of hydrogen-bond donors (Lipinski definition) is 3. The van der Waals surface area contributed by atoms with Gasteiger partial charge in [-0.1, -0.05) is 20.8 Å². The van der Waals surface area contributed by atoms with Gasteiger partial charge in [0.15, 0.2) is 0 Å². The molecule has 0 unspecified atom stereocenters. The summed E-state index contributed by atoms with van der Waals surface area (Å²) in [7, 11) is 1.16. The number of carboxylic acid groups (broad SMARTS) is 1.